The Hall–Kier alpha value is -0.870. The summed E-state index contributed by atoms with van der Waals surface area (Å²) >= 11 is 0. The van der Waals surface area contributed by atoms with Gasteiger partial charge in [0, 0.05) is 36.5 Å². The molecule has 1 unspecified atom stereocenters. The second kappa shape index (κ2) is 5.19. The smallest absolute Gasteiger partial charge is 0.111 e. The Labute approximate surface area is 103 Å². The number of rotatable bonds is 3. The van der Waals surface area contributed by atoms with Gasteiger partial charge in [0.15, 0.2) is 0 Å². The van der Waals surface area contributed by atoms with Crippen molar-refractivity contribution in [2.75, 3.05) is 13.2 Å². The van der Waals surface area contributed by atoms with Crippen LogP contribution >= 0.6 is 0 Å². The standard InChI is InChI=1S/C13H23N3O/c1-13(2,3)15-8-11-7-14-12(16-11)10-5-4-6-17-9-10/h7,10,15H,4-6,8-9H2,1-3H3,(H,14,16). The summed E-state index contributed by atoms with van der Waals surface area (Å²) in [4.78, 5) is 7.87. The third kappa shape index (κ3) is 3.82. The Kier molecular flexibility index (Phi) is 3.84. The molecule has 1 aromatic heterocycles. The SMILES string of the molecule is CC(C)(C)NCc1cnc(C2CCCOC2)[nH]1. The third-order valence-electron chi connectivity index (χ3n) is 3.00. The predicted molar refractivity (Wildman–Crippen MR) is 68.0 cm³/mol. The van der Waals surface area contributed by atoms with Gasteiger partial charge in [-0.25, -0.2) is 4.98 Å². The van der Waals surface area contributed by atoms with Crippen molar-refractivity contribution in [3.8, 4) is 0 Å². The fourth-order valence-corrected chi connectivity index (χ4v) is 1.99. The lowest BCUT2D eigenvalue weighted by Crippen LogP contribution is -2.35. The lowest BCUT2D eigenvalue weighted by atomic mass is 10.0. The minimum absolute atomic E-state index is 0.138. The van der Waals surface area contributed by atoms with Crippen LogP contribution < -0.4 is 5.32 Å². The average molecular weight is 237 g/mol. The number of ether oxygens (including phenoxy) is 1. The van der Waals surface area contributed by atoms with Crippen LogP contribution in [0.1, 0.15) is 51.0 Å². The number of imidazole rings is 1. The summed E-state index contributed by atoms with van der Waals surface area (Å²) in [5.41, 5.74) is 1.29. The molecule has 0 aromatic carbocycles. The predicted octanol–water partition coefficient (Wildman–Crippen LogP) is 2.19. The molecule has 2 N–H and O–H groups in total. The highest BCUT2D eigenvalue weighted by Crippen LogP contribution is 2.22. The van der Waals surface area contributed by atoms with E-state index in [1.54, 1.807) is 0 Å². The number of aromatic nitrogens is 2. The minimum Gasteiger partial charge on any atom is -0.381 e. The van der Waals surface area contributed by atoms with E-state index in [4.69, 9.17) is 4.74 Å². The lowest BCUT2D eigenvalue weighted by molar-refractivity contribution is 0.0782. The maximum atomic E-state index is 5.48. The quantitative estimate of drug-likeness (QED) is 0.847. The van der Waals surface area contributed by atoms with Gasteiger partial charge in [0.2, 0.25) is 0 Å². The molecule has 0 radical (unpaired) electrons. The molecule has 2 rings (SSSR count). The van der Waals surface area contributed by atoms with E-state index in [0.717, 1.165) is 37.7 Å². The summed E-state index contributed by atoms with van der Waals surface area (Å²) in [5, 5.41) is 3.45. The normalized spacial score (nSPS) is 21.7. The third-order valence-corrected chi connectivity index (χ3v) is 3.00. The van der Waals surface area contributed by atoms with Crippen LogP contribution in [0, 0.1) is 0 Å². The Morgan fingerprint density at radius 1 is 1.53 bits per heavy atom. The number of H-pyrrole nitrogens is 1. The van der Waals surface area contributed by atoms with Gasteiger partial charge >= 0.3 is 0 Å². The van der Waals surface area contributed by atoms with Crippen LogP contribution in [0.2, 0.25) is 0 Å². The van der Waals surface area contributed by atoms with E-state index in [-0.39, 0.29) is 5.54 Å². The van der Waals surface area contributed by atoms with Crippen molar-refractivity contribution in [1.29, 1.82) is 0 Å². The summed E-state index contributed by atoms with van der Waals surface area (Å²) in [5.74, 6) is 1.53. The zero-order valence-corrected chi connectivity index (χ0v) is 11.0. The van der Waals surface area contributed by atoms with Gasteiger partial charge in [0.25, 0.3) is 0 Å². The van der Waals surface area contributed by atoms with Gasteiger partial charge in [-0.15, -0.1) is 0 Å². The maximum Gasteiger partial charge on any atom is 0.111 e. The maximum absolute atomic E-state index is 5.48. The fraction of sp³-hybridized carbons (Fsp3) is 0.769. The monoisotopic (exact) mass is 237 g/mol. The summed E-state index contributed by atoms with van der Waals surface area (Å²) < 4.78 is 5.48. The first kappa shape index (κ1) is 12.6. The fourth-order valence-electron chi connectivity index (χ4n) is 1.99. The number of hydrogen-bond donors (Lipinski definition) is 2. The van der Waals surface area contributed by atoms with E-state index in [0.29, 0.717) is 5.92 Å². The molecule has 1 aliphatic heterocycles. The van der Waals surface area contributed by atoms with Crippen molar-refractivity contribution in [3.05, 3.63) is 17.7 Å². The molecule has 0 amide bonds. The molecule has 0 bridgehead atoms. The minimum atomic E-state index is 0.138. The number of aromatic amines is 1. The molecule has 0 saturated carbocycles. The van der Waals surface area contributed by atoms with E-state index in [2.05, 4.69) is 36.1 Å². The van der Waals surface area contributed by atoms with Crippen LogP contribution in [0.5, 0.6) is 0 Å². The summed E-state index contributed by atoms with van der Waals surface area (Å²) in [6, 6.07) is 0. The molecule has 1 aromatic rings. The Morgan fingerprint density at radius 3 is 3.00 bits per heavy atom. The number of nitrogens with zero attached hydrogens (tertiary/aromatic N) is 1. The van der Waals surface area contributed by atoms with Crippen LogP contribution in [0.3, 0.4) is 0 Å². The van der Waals surface area contributed by atoms with E-state index in [1.807, 2.05) is 6.20 Å². The highest BCUT2D eigenvalue weighted by atomic mass is 16.5. The lowest BCUT2D eigenvalue weighted by Gasteiger charge is -2.20. The number of hydrogen-bond acceptors (Lipinski definition) is 3. The Bertz CT molecular complexity index is 348. The van der Waals surface area contributed by atoms with Crippen molar-refractivity contribution in [2.45, 2.75) is 51.6 Å². The van der Waals surface area contributed by atoms with Gasteiger partial charge in [-0.05, 0) is 33.6 Å². The second-order valence-electron chi connectivity index (χ2n) is 5.81. The zero-order chi connectivity index (χ0) is 12.3. The average Bonchev–Trinajstić information content (AvgIpc) is 2.75. The molecule has 2 heterocycles. The van der Waals surface area contributed by atoms with Gasteiger partial charge in [-0.1, -0.05) is 0 Å². The molecule has 1 atom stereocenters. The molecule has 96 valence electrons. The van der Waals surface area contributed by atoms with Gasteiger partial charge in [0.1, 0.15) is 5.82 Å². The van der Waals surface area contributed by atoms with Crippen molar-refractivity contribution in [3.63, 3.8) is 0 Å². The highest BCUT2D eigenvalue weighted by molar-refractivity contribution is 5.06. The first-order valence-electron chi connectivity index (χ1n) is 6.41. The van der Waals surface area contributed by atoms with Gasteiger partial charge in [-0.3, -0.25) is 0 Å². The number of nitrogens with one attached hydrogen (secondary N) is 2. The van der Waals surface area contributed by atoms with Crippen molar-refractivity contribution < 1.29 is 4.74 Å². The van der Waals surface area contributed by atoms with Gasteiger partial charge in [0.05, 0.1) is 6.61 Å². The molecule has 1 aliphatic rings. The molecular weight excluding hydrogens is 214 g/mol. The van der Waals surface area contributed by atoms with E-state index < -0.39 is 0 Å². The summed E-state index contributed by atoms with van der Waals surface area (Å²) in [6.07, 6.45) is 4.25. The molecule has 4 nitrogen and oxygen atoms in total. The summed E-state index contributed by atoms with van der Waals surface area (Å²) in [7, 11) is 0. The molecular formula is C13H23N3O. The Morgan fingerprint density at radius 2 is 2.35 bits per heavy atom. The van der Waals surface area contributed by atoms with Crippen LogP contribution in [-0.2, 0) is 11.3 Å². The molecule has 4 heteroatoms. The molecule has 1 fully saturated rings. The van der Waals surface area contributed by atoms with Crippen LogP contribution in [0.4, 0.5) is 0 Å². The summed E-state index contributed by atoms with van der Waals surface area (Å²) in [6.45, 7) is 9.04. The van der Waals surface area contributed by atoms with Gasteiger partial charge in [-0.2, -0.15) is 0 Å². The van der Waals surface area contributed by atoms with Crippen LogP contribution in [0.15, 0.2) is 6.20 Å². The first-order chi connectivity index (χ1) is 8.04. The van der Waals surface area contributed by atoms with Crippen molar-refractivity contribution in [2.24, 2.45) is 0 Å². The molecule has 0 spiro atoms. The largest absolute Gasteiger partial charge is 0.381 e. The topological polar surface area (TPSA) is 49.9 Å². The van der Waals surface area contributed by atoms with Crippen LogP contribution in [-0.4, -0.2) is 28.7 Å². The van der Waals surface area contributed by atoms with Gasteiger partial charge < -0.3 is 15.0 Å². The van der Waals surface area contributed by atoms with Crippen molar-refractivity contribution in [1.82, 2.24) is 15.3 Å². The molecule has 0 aliphatic carbocycles. The van der Waals surface area contributed by atoms with E-state index in [9.17, 15) is 0 Å². The van der Waals surface area contributed by atoms with Crippen LogP contribution in [0.25, 0.3) is 0 Å². The second-order valence-corrected chi connectivity index (χ2v) is 5.81. The zero-order valence-electron chi connectivity index (χ0n) is 11.0. The molecule has 17 heavy (non-hydrogen) atoms. The Balaban J connectivity index is 1.91. The first-order valence-corrected chi connectivity index (χ1v) is 6.41. The van der Waals surface area contributed by atoms with Crippen molar-refractivity contribution >= 4 is 0 Å². The highest BCUT2D eigenvalue weighted by Gasteiger charge is 2.19. The van der Waals surface area contributed by atoms with E-state index in [1.165, 1.54) is 6.42 Å². The van der Waals surface area contributed by atoms with E-state index >= 15 is 0 Å². The molecule has 1 saturated heterocycles.